The number of hydrogen-bond donors (Lipinski definition) is 3. The van der Waals surface area contributed by atoms with Crippen molar-refractivity contribution in [2.45, 2.75) is 123 Å². The molecule has 0 radical (unpaired) electrons. The molecule has 1 unspecified atom stereocenters. The fourth-order valence-electron chi connectivity index (χ4n) is 8.06. The molecular weight excluding hydrogens is 953 g/mol. The Morgan fingerprint density at radius 2 is 1.72 bits per heavy atom. The summed E-state index contributed by atoms with van der Waals surface area (Å²) in [7, 11) is -2.36. The van der Waals surface area contributed by atoms with Crippen LogP contribution in [0, 0.1) is 11.3 Å². The molecule has 4 aromatic rings. The summed E-state index contributed by atoms with van der Waals surface area (Å²) in [5, 5.41) is 8.87. The molecule has 21 heteroatoms. The number of alkyl carbamates (subject to hydrolysis) is 1. The lowest BCUT2D eigenvalue weighted by atomic mass is 9.85. The molecule has 7 rings (SSSR count). The summed E-state index contributed by atoms with van der Waals surface area (Å²) >= 11 is 1.47. The number of ether oxygens (including phenoxy) is 4. The van der Waals surface area contributed by atoms with Crippen LogP contribution in [0.3, 0.4) is 0 Å². The third-order valence-electron chi connectivity index (χ3n) is 12.1. The molecule has 4 amide bonds. The summed E-state index contributed by atoms with van der Waals surface area (Å²) in [5.74, 6) is -2.17. The summed E-state index contributed by atoms with van der Waals surface area (Å²) < 4.78 is 50.1. The Morgan fingerprint density at radius 3 is 2.30 bits per heavy atom. The minimum absolute atomic E-state index is 0.0230. The molecule has 3 fully saturated rings. The van der Waals surface area contributed by atoms with Gasteiger partial charge in [-0.2, -0.15) is 0 Å². The Morgan fingerprint density at radius 1 is 1.00 bits per heavy atom. The second-order valence-electron chi connectivity index (χ2n) is 19.6. The van der Waals surface area contributed by atoms with Crippen LogP contribution in [0.5, 0.6) is 11.6 Å². The van der Waals surface area contributed by atoms with E-state index in [-0.39, 0.29) is 31.2 Å². The molecule has 1 saturated heterocycles. The summed E-state index contributed by atoms with van der Waals surface area (Å²) in [5.41, 5.74) is -1.75. The standard InChI is InChI=1S/C40H50N6O9S.C10H16N2O2S/c1-9-24-21-40(24,36(49)45-56(51,52)27-14-15-27)44-33(47)31-20-26(22-46(31)35(48)32(38(2,3)4)43-37(50)55-39(5,6)7)54-34-28-16-13-25(53-8)18-23(28)19-30(42-34)29-12-10-11-17-41-29;1-4-12(5-2)10-11-8(7-15-10)9(13)14-6-3/h9-13,16-19,24,26-27,31-32H,1,14-15,20-22H2,2-8H3,(H,43,50)(H,44,47)(H,45,49);7H,4-6H2,1-3H3/t24?,26-,31+,32-,40-;/m1./s1. The number of nitrogens with one attached hydrogen (secondary N) is 3. The van der Waals surface area contributed by atoms with Gasteiger partial charge in [-0.1, -0.05) is 32.9 Å². The average molecular weight is 1020 g/mol. The minimum atomic E-state index is -3.92. The van der Waals surface area contributed by atoms with Gasteiger partial charge in [-0.25, -0.2) is 28.0 Å². The minimum Gasteiger partial charge on any atom is -0.497 e. The van der Waals surface area contributed by atoms with Gasteiger partial charge in [-0.3, -0.25) is 24.1 Å². The Hall–Kier alpha value is -6.35. The molecule has 0 bridgehead atoms. The summed E-state index contributed by atoms with van der Waals surface area (Å²) in [6.07, 6.45) is 2.54. The molecule has 1 aliphatic heterocycles. The molecule has 71 heavy (non-hydrogen) atoms. The van der Waals surface area contributed by atoms with Crippen LogP contribution in [0.25, 0.3) is 22.2 Å². The number of aromatic nitrogens is 3. The van der Waals surface area contributed by atoms with Crippen LogP contribution in [0.15, 0.2) is 66.7 Å². The zero-order valence-corrected chi connectivity index (χ0v) is 43.7. The van der Waals surface area contributed by atoms with Crippen molar-refractivity contribution in [1.82, 2.24) is 35.2 Å². The molecule has 4 heterocycles. The molecule has 3 aromatic heterocycles. The molecular formula is C50H66N8O11S2. The first-order valence-electron chi connectivity index (χ1n) is 23.7. The van der Waals surface area contributed by atoms with Crippen molar-refractivity contribution >= 4 is 67.0 Å². The predicted molar refractivity (Wildman–Crippen MR) is 270 cm³/mol. The molecule has 5 atom stereocenters. The normalized spacial score (nSPS) is 20.1. The van der Waals surface area contributed by atoms with Gasteiger partial charge < -0.3 is 39.4 Å². The third-order valence-corrected chi connectivity index (χ3v) is 14.8. The Kier molecular flexibility index (Phi) is 16.7. The van der Waals surface area contributed by atoms with Crippen molar-refractivity contribution < 1.29 is 51.3 Å². The fourth-order valence-corrected chi connectivity index (χ4v) is 10.3. The molecule has 3 aliphatic rings. The molecule has 0 spiro atoms. The number of benzene rings is 1. The van der Waals surface area contributed by atoms with E-state index in [0.717, 1.165) is 23.6 Å². The van der Waals surface area contributed by atoms with Crippen LogP contribution >= 0.6 is 11.3 Å². The summed E-state index contributed by atoms with van der Waals surface area (Å²) in [4.78, 5) is 84.0. The number of sulfonamides is 1. The fraction of sp³-hybridized carbons (Fsp3) is 0.520. The highest BCUT2D eigenvalue weighted by Gasteiger charge is 2.62. The van der Waals surface area contributed by atoms with Gasteiger partial charge in [0.1, 0.15) is 35.1 Å². The maximum atomic E-state index is 14.6. The Bertz CT molecular complexity index is 2710. The predicted octanol–water partition coefficient (Wildman–Crippen LogP) is 6.43. The smallest absolute Gasteiger partial charge is 0.408 e. The maximum absolute atomic E-state index is 14.6. The van der Waals surface area contributed by atoms with E-state index in [9.17, 15) is 32.4 Å². The van der Waals surface area contributed by atoms with Gasteiger partial charge in [0.2, 0.25) is 27.7 Å². The lowest BCUT2D eigenvalue weighted by molar-refractivity contribution is -0.143. The highest BCUT2D eigenvalue weighted by Crippen LogP contribution is 2.46. The number of hydrogen-bond acceptors (Lipinski definition) is 16. The number of pyridine rings is 2. The number of esters is 1. The van der Waals surface area contributed by atoms with Gasteiger partial charge in [0.05, 0.1) is 36.9 Å². The maximum Gasteiger partial charge on any atom is 0.408 e. The lowest BCUT2D eigenvalue weighted by Crippen LogP contribution is -2.60. The largest absolute Gasteiger partial charge is 0.497 e. The van der Waals surface area contributed by atoms with Crippen LogP contribution in [0.4, 0.5) is 9.93 Å². The number of rotatable bonds is 17. The van der Waals surface area contributed by atoms with Crippen LogP contribution in [-0.4, -0.2) is 126 Å². The van der Waals surface area contributed by atoms with Crippen LogP contribution < -0.4 is 29.7 Å². The van der Waals surface area contributed by atoms with E-state index in [1.807, 2.05) is 30.3 Å². The van der Waals surface area contributed by atoms with Gasteiger partial charge in [0.15, 0.2) is 10.8 Å². The van der Waals surface area contributed by atoms with Gasteiger partial charge in [-0.05, 0) is 108 Å². The first-order chi connectivity index (χ1) is 33.5. The van der Waals surface area contributed by atoms with Crippen molar-refractivity contribution in [3.63, 3.8) is 0 Å². The van der Waals surface area contributed by atoms with Gasteiger partial charge >= 0.3 is 12.1 Å². The van der Waals surface area contributed by atoms with Gasteiger partial charge in [-0.15, -0.1) is 17.9 Å². The van der Waals surface area contributed by atoms with Gasteiger partial charge in [0, 0.05) is 42.4 Å². The monoisotopic (exact) mass is 1020 g/mol. The molecule has 2 aliphatic carbocycles. The zero-order valence-electron chi connectivity index (χ0n) is 42.1. The summed E-state index contributed by atoms with van der Waals surface area (Å²) in [6.45, 7) is 22.2. The van der Waals surface area contributed by atoms with Crippen molar-refractivity contribution in [1.29, 1.82) is 0 Å². The number of carbonyl (C=O) groups is 5. The Balaban J connectivity index is 0.000000471. The first kappa shape index (κ1) is 54.0. The highest BCUT2D eigenvalue weighted by atomic mass is 32.2. The zero-order chi connectivity index (χ0) is 52.1. The quantitative estimate of drug-likeness (QED) is 0.0763. The highest BCUT2D eigenvalue weighted by molar-refractivity contribution is 7.91. The number of thiazole rings is 1. The lowest BCUT2D eigenvalue weighted by Gasteiger charge is -2.36. The number of methoxy groups -OCH3 is 1. The first-order valence-corrected chi connectivity index (χ1v) is 26.1. The molecule has 3 N–H and O–H groups in total. The van der Waals surface area contributed by atoms with Crippen LogP contribution in [-0.2, 0) is 33.9 Å². The van der Waals surface area contributed by atoms with Gasteiger partial charge in [0.25, 0.3) is 5.91 Å². The van der Waals surface area contributed by atoms with E-state index >= 15 is 0 Å². The SMILES string of the molecule is C=CC1C[C@]1(NC(=O)[C@@H]1C[C@@H](Oc2nc(-c3ccccn3)cc3cc(OC)ccc23)CN1C(=O)[C@@H](NC(=O)OC(C)(C)C)C(C)(C)C)C(=O)NS(=O)(=O)C1CC1.CCOC(=O)c1csc(N(CC)CC)n1. The van der Waals surface area contributed by atoms with E-state index in [4.69, 9.17) is 23.9 Å². The van der Waals surface area contributed by atoms with E-state index in [1.54, 1.807) is 79.3 Å². The number of nitrogens with zero attached hydrogens (tertiary/aromatic N) is 5. The summed E-state index contributed by atoms with van der Waals surface area (Å²) in [6, 6.07) is 10.4. The number of amides is 4. The number of likely N-dealkylation sites (tertiary alicyclic amines) is 1. The number of fused-ring (bicyclic) bond motifs is 1. The molecule has 384 valence electrons. The average Bonchev–Trinajstić information content (AvgIpc) is 4.21. The van der Waals surface area contributed by atoms with Crippen molar-refractivity contribution in [3.05, 3.63) is 72.4 Å². The van der Waals surface area contributed by atoms with Crippen LogP contribution in [0.1, 0.15) is 98.5 Å². The molecule has 1 aromatic carbocycles. The number of anilines is 1. The Labute approximate surface area is 419 Å². The second kappa shape index (κ2) is 22.0. The molecule has 19 nitrogen and oxygen atoms in total. The van der Waals surface area contributed by atoms with Crippen LogP contribution in [0.2, 0.25) is 0 Å². The van der Waals surface area contributed by atoms with Crippen molar-refractivity contribution in [2.75, 3.05) is 38.3 Å². The van der Waals surface area contributed by atoms with Crippen molar-refractivity contribution in [3.8, 4) is 23.0 Å². The van der Waals surface area contributed by atoms with E-state index in [2.05, 4.69) is 50.6 Å². The van der Waals surface area contributed by atoms with E-state index in [0.29, 0.717) is 47.7 Å². The molecule has 2 saturated carbocycles. The second-order valence-corrected chi connectivity index (χ2v) is 22.4. The third kappa shape index (κ3) is 13.1. The number of carbonyl (C=O) groups excluding carboxylic acids is 5. The van der Waals surface area contributed by atoms with E-state index < -0.39 is 79.7 Å². The topological polar surface area (TPSA) is 238 Å². The van der Waals surface area contributed by atoms with Crippen molar-refractivity contribution in [2.24, 2.45) is 11.3 Å². The van der Waals surface area contributed by atoms with E-state index in [1.165, 1.54) is 22.3 Å².